The maximum Gasteiger partial charge on any atom is 0.345 e. The van der Waals surface area contributed by atoms with Gasteiger partial charge < -0.3 is 32.7 Å². The second-order valence-corrected chi connectivity index (χ2v) is 15.1. The summed E-state index contributed by atoms with van der Waals surface area (Å²) < 4.78 is 40.1. The lowest BCUT2D eigenvalue weighted by Gasteiger charge is -2.24. The van der Waals surface area contributed by atoms with Crippen molar-refractivity contribution in [1.29, 1.82) is 0 Å². The normalized spacial score (nSPS) is 11.9. The number of aromatic nitrogens is 4. The Bertz CT molecular complexity index is 2360. The SMILES string of the molecule is Cc1cc(OCCC(OC(=O)COc2ccc(-c3noc(-c4ccc(OC(C)C)c(Cl)c4)n3)c(C)c2)N(C)C)ccc1-c1noc(-c2ccc(OC(C)C)c(Cl)c2)n1. The first kappa shape index (κ1) is 42.0. The minimum absolute atomic E-state index is 0.00289. The summed E-state index contributed by atoms with van der Waals surface area (Å²) in [7, 11) is 3.66. The van der Waals surface area contributed by atoms with Crippen molar-refractivity contribution in [2.45, 2.75) is 66.4 Å². The highest BCUT2D eigenvalue weighted by Crippen LogP contribution is 2.34. The van der Waals surface area contributed by atoms with Gasteiger partial charge in [-0.15, -0.1) is 0 Å². The van der Waals surface area contributed by atoms with E-state index in [4.69, 9.17) is 55.9 Å². The lowest BCUT2D eigenvalue weighted by atomic mass is 10.1. The first-order valence-corrected chi connectivity index (χ1v) is 19.4. The molecule has 0 saturated carbocycles. The number of halogens is 2. The fourth-order valence-corrected chi connectivity index (χ4v) is 6.30. The molecule has 58 heavy (non-hydrogen) atoms. The summed E-state index contributed by atoms with van der Waals surface area (Å²) in [6.45, 7) is 11.6. The number of hydrogen-bond donors (Lipinski definition) is 0. The number of esters is 1. The van der Waals surface area contributed by atoms with Crippen LogP contribution in [0.15, 0.2) is 81.8 Å². The van der Waals surface area contributed by atoms with Crippen molar-refractivity contribution < 1.29 is 37.5 Å². The van der Waals surface area contributed by atoms with Gasteiger partial charge in [-0.25, -0.2) is 4.79 Å². The molecule has 304 valence electrons. The Balaban J connectivity index is 0.985. The van der Waals surface area contributed by atoms with E-state index in [1.807, 2.05) is 92.0 Å². The number of carbonyl (C=O) groups is 1. The molecule has 0 fully saturated rings. The average Bonchev–Trinajstić information content (AvgIpc) is 3.86. The zero-order valence-corrected chi connectivity index (χ0v) is 35.1. The summed E-state index contributed by atoms with van der Waals surface area (Å²) in [6, 6.07) is 21.6. The smallest absolute Gasteiger partial charge is 0.345 e. The maximum absolute atomic E-state index is 12.9. The van der Waals surface area contributed by atoms with E-state index >= 15 is 0 Å². The lowest BCUT2D eigenvalue weighted by molar-refractivity contribution is -0.160. The van der Waals surface area contributed by atoms with Crippen LogP contribution in [0.5, 0.6) is 23.0 Å². The van der Waals surface area contributed by atoms with E-state index in [1.54, 1.807) is 41.3 Å². The van der Waals surface area contributed by atoms with E-state index in [0.29, 0.717) is 80.6 Å². The molecule has 2 heterocycles. The summed E-state index contributed by atoms with van der Waals surface area (Å²) >= 11 is 12.8. The Morgan fingerprint density at radius 3 is 1.60 bits per heavy atom. The van der Waals surface area contributed by atoms with Gasteiger partial charge in [-0.05, 0) is 140 Å². The predicted octanol–water partition coefficient (Wildman–Crippen LogP) is 9.90. The van der Waals surface area contributed by atoms with Crippen LogP contribution >= 0.6 is 23.2 Å². The zero-order chi connectivity index (χ0) is 41.5. The summed E-state index contributed by atoms with van der Waals surface area (Å²) in [5.74, 6) is 3.29. The summed E-state index contributed by atoms with van der Waals surface area (Å²) in [5.41, 5.74) is 4.62. The second kappa shape index (κ2) is 18.8. The average molecular weight is 831 g/mol. The number of carbonyl (C=O) groups excluding carboxylic acids is 1. The number of hydrogen-bond acceptors (Lipinski definition) is 13. The third-order valence-corrected chi connectivity index (χ3v) is 9.24. The number of ether oxygens (including phenoxy) is 5. The van der Waals surface area contributed by atoms with Crippen LogP contribution in [0.4, 0.5) is 0 Å². The first-order valence-electron chi connectivity index (χ1n) is 18.7. The van der Waals surface area contributed by atoms with E-state index in [9.17, 15) is 4.79 Å². The van der Waals surface area contributed by atoms with Crippen molar-refractivity contribution in [3.63, 3.8) is 0 Å². The van der Waals surface area contributed by atoms with Crippen LogP contribution in [0, 0.1) is 13.8 Å². The van der Waals surface area contributed by atoms with Gasteiger partial charge in [0, 0.05) is 28.7 Å². The summed E-state index contributed by atoms with van der Waals surface area (Å²) in [4.78, 5) is 23.8. The summed E-state index contributed by atoms with van der Waals surface area (Å²) in [5, 5.41) is 9.25. The Morgan fingerprint density at radius 2 is 1.17 bits per heavy atom. The minimum Gasteiger partial charge on any atom is -0.493 e. The van der Waals surface area contributed by atoms with E-state index in [-0.39, 0.29) is 18.8 Å². The van der Waals surface area contributed by atoms with Gasteiger partial charge in [-0.2, -0.15) is 9.97 Å². The zero-order valence-electron chi connectivity index (χ0n) is 33.5. The van der Waals surface area contributed by atoms with Gasteiger partial charge in [0.05, 0.1) is 28.9 Å². The largest absolute Gasteiger partial charge is 0.493 e. The number of aryl methyl sites for hydroxylation is 2. The molecule has 1 atom stereocenters. The van der Waals surface area contributed by atoms with Crippen molar-refractivity contribution in [2.75, 3.05) is 27.3 Å². The van der Waals surface area contributed by atoms with E-state index in [2.05, 4.69) is 20.3 Å². The molecule has 4 aromatic carbocycles. The van der Waals surface area contributed by atoms with Crippen molar-refractivity contribution in [1.82, 2.24) is 25.2 Å². The van der Waals surface area contributed by atoms with Crippen LogP contribution < -0.4 is 18.9 Å². The molecule has 13 nitrogen and oxygen atoms in total. The molecular formula is C43H45Cl2N5O8. The maximum atomic E-state index is 12.9. The van der Waals surface area contributed by atoms with Gasteiger partial charge in [-0.3, -0.25) is 4.90 Å². The minimum atomic E-state index is -0.543. The van der Waals surface area contributed by atoms with Crippen molar-refractivity contribution >= 4 is 29.2 Å². The number of benzene rings is 4. The molecule has 0 aliphatic heterocycles. The second-order valence-electron chi connectivity index (χ2n) is 14.3. The summed E-state index contributed by atoms with van der Waals surface area (Å²) in [6.07, 6.45) is -0.138. The first-order chi connectivity index (χ1) is 27.7. The molecule has 6 rings (SSSR count). The number of rotatable bonds is 17. The fraction of sp³-hybridized carbons (Fsp3) is 0.326. The lowest BCUT2D eigenvalue weighted by Crippen LogP contribution is -2.35. The highest BCUT2D eigenvalue weighted by molar-refractivity contribution is 6.32. The van der Waals surface area contributed by atoms with Crippen LogP contribution in [0.25, 0.3) is 45.7 Å². The molecule has 0 aliphatic rings. The van der Waals surface area contributed by atoms with E-state index < -0.39 is 12.2 Å². The predicted molar refractivity (Wildman–Crippen MR) is 221 cm³/mol. The van der Waals surface area contributed by atoms with Gasteiger partial charge >= 0.3 is 5.97 Å². The molecule has 6 aromatic rings. The molecular weight excluding hydrogens is 785 g/mol. The van der Waals surface area contributed by atoms with Gasteiger partial charge in [0.15, 0.2) is 12.8 Å². The molecule has 0 aliphatic carbocycles. The fourth-order valence-electron chi connectivity index (χ4n) is 5.85. The van der Waals surface area contributed by atoms with Crippen LogP contribution in [-0.4, -0.2) is 76.9 Å². The van der Waals surface area contributed by atoms with Crippen LogP contribution in [0.3, 0.4) is 0 Å². The third kappa shape index (κ3) is 10.6. The molecule has 0 N–H and O–H groups in total. The standard InChI is InChI=1S/C43H45Cl2N5O8/c1-24(2)54-36-15-9-28(21-34(36)44)42-46-40(48-57-42)32-13-11-30(19-26(32)5)52-18-17-38(50(7)8)56-39(51)23-53-31-12-14-33(27(6)20-31)41-47-43(58-49-41)29-10-16-37(35(45)22-29)55-25(3)4/h9-16,19-22,24-25,38H,17-18,23H2,1-8H3. The van der Waals surface area contributed by atoms with Crippen molar-refractivity contribution in [3.8, 4) is 68.7 Å². The molecule has 0 amide bonds. The number of nitrogens with zero attached hydrogens (tertiary/aromatic N) is 5. The van der Waals surface area contributed by atoms with Crippen LogP contribution in [0.1, 0.15) is 45.2 Å². The van der Waals surface area contributed by atoms with Crippen LogP contribution in [0.2, 0.25) is 10.0 Å². The van der Waals surface area contributed by atoms with E-state index in [1.165, 1.54) is 0 Å². The van der Waals surface area contributed by atoms with Crippen molar-refractivity contribution in [2.24, 2.45) is 0 Å². The molecule has 0 bridgehead atoms. The van der Waals surface area contributed by atoms with Crippen LogP contribution in [-0.2, 0) is 9.53 Å². The Labute approximate surface area is 347 Å². The molecule has 0 spiro atoms. The van der Waals surface area contributed by atoms with Gasteiger partial charge in [0.2, 0.25) is 11.6 Å². The molecule has 2 aromatic heterocycles. The molecule has 15 heteroatoms. The third-order valence-electron chi connectivity index (χ3n) is 8.65. The van der Waals surface area contributed by atoms with Gasteiger partial charge in [0.25, 0.3) is 11.8 Å². The quantitative estimate of drug-likeness (QED) is 0.0636. The highest BCUT2D eigenvalue weighted by Gasteiger charge is 2.20. The van der Waals surface area contributed by atoms with Gasteiger partial charge in [0.1, 0.15) is 23.0 Å². The monoisotopic (exact) mass is 829 g/mol. The topological polar surface area (TPSA) is 144 Å². The molecule has 0 radical (unpaired) electrons. The molecule has 1 unspecified atom stereocenters. The van der Waals surface area contributed by atoms with Gasteiger partial charge in [-0.1, -0.05) is 33.5 Å². The Morgan fingerprint density at radius 1 is 0.690 bits per heavy atom. The Hall–Kier alpha value is -5.63. The molecule has 0 saturated heterocycles. The van der Waals surface area contributed by atoms with E-state index in [0.717, 1.165) is 22.3 Å². The Kier molecular flexibility index (Phi) is 13.6. The van der Waals surface area contributed by atoms with Crippen molar-refractivity contribution in [3.05, 3.63) is 94.0 Å². The highest BCUT2D eigenvalue weighted by atomic mass is 35.5.